The number of nitrogens with one attached hydrogen (secondary N) is 1. The minimum Gasteiger partial charge on any atom is -0.303 e. The van der Waals surface area contributed by atoms with Crippen molar-refractivity contribution in [2.75, 3.05) is 0 Å². The minimum atomic E-state index is -0.575. The molecule has 0 aromatic carbocycles. The van der Waals surface area contributed by atoms with Crippen LogP contribution in [0.3, 0.4) is 0 Å². The fraction of sp³-hybridized carbons (Fsp3) is 0.714. The van der Waals surface area contributed by atoms with Crippen molar-refractivity contribution in [1.29, 1.82) is 0 Å². The third-order valence-corrected chi connectivity index (χ3v) is 1.48. The third-order valence-electron chi connectivity index (χ3n) is 1.48. The van der Waals surface area contributed by atoms with Crippen molar-refractivity contribution < 1.29 is 9.59 Å². The largest absolute Gasteiger partial charge is 0.303 e. The molecule has 3 nitrogen and oxygen atoms in total. The van der Waals surface area contributed by atoms with Gasteiger partial charge in [-0.25, -0.2) is 0 Å². The highest BCUT2D eigenvalue weighted by molar-refractivity contribution is 5.73. The van der Waals surface area contributed by atoms with Crippen LogP contribution in [0.15, 0.2) is 0 Å². The molecule has 0 aromatic rings. The smallest absolute Gasteiger partial charge is 0.238 e. The van der Waals surface area contributed by atoms with Crippen LogP contribution in [-0.4, -0.2) is 12.2 Å². The fourth-order valence-corrected chi connectivity index (χ4v) is 0.793. The van der Waals surface area contributed by atoms with Crippen LogP contribution >= 0.6 is 0 Å². The Morgan fingerprint density at radius 2 is 2.30 bits per heavy atom. The lowest BCUT2D eigenvalue weighted by Gasteiger charge is -2.06. The molecule has 10 heavy (non-hydrogen) atoms. The first kappa shape index (κ1) is 9.14. The van der Waals surface area contributed by atoms with Gasteiger partial charge in [-0.3, -0.25) is 10.5 Å². The van der Waals surface area contributed by atoms with E-state index >= 15 is 0 Å². The Bertz CT molecular complexity index is 123. The van der Waals surface area contributed by atoms with Crippen LogP contribution in [0.5, 0.6) is 0 Å². The number of hydrogen-bond donors (Lipinski definition) is 0. The van der Waals surface area contributed by atoms with E-state index in [1.165, 1.54) is 0 Å². The molecule has 0 saturated heterocycles. The van der Waals surface area contributed by atoms with Crippen molar-refractivity contribution in [3.63, 3.8) is 0 Å². The Morgan fingerprint density at radius 3 is 2.60 bits per heavy atom. The molecule has 0 rings (SSSR count). The van der Waals surface area contributed by atoms with Crippen molar-refractivity contribution in [3.05, 3.63) is 0 Å². The summed E-state index contributed by atoms with van der Waals surface area (Å²) in [5, 5.41) is 0. The maximum absolute atomic E-state index is 10.2. The Balaban J connectivity index is 3.59. The zero-order valence-electron chi connectivity index (χ0n) is 6.09. The molecule has 0 aliphatic heterocycles. The van der Waals surface area contributed by atoms with Crippen LogP contribution in [0.25, 0.3) is 0 Å². The van der Waals surface area contributed by atoms with Crippen LogP contribution in [0.2, 0.25) is 0 Å². The van der Waals surface area contributed by atoms with Gasteiger partial charge in [-0.1, -0.05) is 13.3 Å². The summed E-state index contributed by atoms with van der Waals surface area (Å²) in [4.78, 5) is 20.2. The van der Waals surface area contributed by atoms with Gasteiger partial charge in [-0.15, -0.1) is 0 Å². The summed E-state index contributed by atoms with van der Waals surface area (Å²) in [6.07, 6.45) is 2.22. The van der Waals surface area contributed by atoms with Gasteiger partial charge in [-0.2, -0.15) is 0 Å². The molecule has 0 aliphatic carbocycles. The van der Waals surface area contributed by atoms with E-state index in [2.05, 4.69) is 0 Å². The van der Waals surface area contributed by atoms with E-state index in [9.17, 15) is 9.59 Å². The molecule has 0 saturated carbocycles. The Kier molecular flexibility index (Phi) is 4.54. The van der Waals surface area contributed by atoms with Gasteiger partial charge in [-0.05, 0) is 5.92 Å². The second-order valence-electron chi connectivity index (χ2n) is 2.30. The number of rotatable bonds is 5. The molecule has 3 heteroatoms. The highest BCUT2D eigenvalue weighted by Crippen LogP contribution is 2.10. The maximum atomic E-state index is 10.2. The van der Waals surface area contributed by atoms with Crippen LogP contribution in [-0.2, 0) is 9.59 Å². The van der Waals surface area contributed by atoms with Gasteiger partial charge in [0.05, 0.1) is 0 Å². The summed E-state index contributed by atoms with van der Waals surface area (Å²) >= 11 is 0. The maximum Gasteiger partial charge on any atom is 0.238 e. The van der Waals surface area contributed by atoms with E-state index in [4.69, 9.17) is 5.73 Å². The molecular weight excluding hydrogens is 130 g/mol. The standard InChI is InChI=1S/C7H12NO2/c1-2-6(3-4-9)5-7(8)10/h4,6,8H,2-3,5H2,1H3. The number of aldehydes is 1. The lowest BCUT2D eigenvalue weighted by molar-refractivity contribution is -0.119. The Hall–Kier alpha value is -0.860. The van der Waals surface area contributed by atoms with Crippen molar-refractivity contribution in [2.24, 2.45) is 5.92 Å². The monoisotopic (exact) mass is 142 g/mol. The normalized spacial score (nSPS) is 12.5. The number of carbonyl (C=O) groups is 2. The molecule has 1 unspecified atom stereocenters. The molecule has 1 radical (unpaired) electrons. The topological polar surface area (TPSA) is 57.9 Å². The van der Waals surface area contributed by atoms with Crippen LogP contribution < -0.4 is 5.73 Å². The predicted octanol–water partition coefficient (Wildman–Crippen LogP) is 0.801. The van der Waals surface area contributed by atoms with Gasteiger partial charge in [0, 0.05) is 12.8 Å². The number of carbonyl (C=O) groups excluding carboxylic acids is 2. The molecule has 0 fully saturated rings. The molecule has 1 N–H and O–H groups in total. The van der Waals surface area contributed by atoms with Crippen molar-refractivity contribution in [2.45, 2.75) is 26.2 Å². The van der Waals surface area contributed by atoms with E-state index in [1.807, 2.05) is 6.92 Å². The summed E-state index contributed by atoms with van der Waals surface area (Å²) in [5.74, 6) is -0.490. The highest BCUT2D eigenvalue weighted by Gasteiger charge is 2.08. The van der Waals surface area contributed by atoms with E-state index in [0.717, 1.165) is 12.7 Å². The lowest BCUT2D eigenvalue weighted by Crippen LogP contribution is -2.08. The fourth-order valence-electron chi connectivity index (χ4n) is 0.793. The van der Waals surface area contributed by atoms with Gasteiger partial charge >= 0.3 is 0 Å². The summed E-state index contributed by atoms with van der Waals surface area (Å²) in [5.41, 5.74) is 6.64. The van der Waals surface area contributed by atoms with Crippen LogP contribution in [0.1, 0.15) is 26.2 Å². The zero-order chi connectivity index (χ0) is 7.98. The molecule has 0 bridgehead atoms. The quantitative estimate of drug-likeness (QED) is 0.533. The molecular formula is C7H12NO2. The second-order valence-corrected chi connectivity index (χ2v) is 2.30. The first-order valence-electron chi connectivity index (χ1n) is 3.38. The average molecular weight is 142 g/mol. The Labute approximate surface area is 60.6 Å². The highest BCUT2D eigenvalue weighted by atomic mass is 16.1. The van der Waals surface area contributed by atoms with E-state index in [-0.39, 0.29) is 12.3 Å². The van der Waals surface area contributed by atoms with Crippen molar-refractivity contribution in [3.8, 4) is 0 Å². The molecule has 1 atom stereocenters. The second kappa shape index (κ2) is 4.97. The number of amides is 1. The van der Waals surface area contributed by atoms with Crippen molar-refractivity contribution >= 4 is 12.2 Å². The minimum absolute atomic E-state index is 0.0856. The SMILES string of the molecule is CCC(CC=O)CC([NH])=O. The van der Waals surface area contributed by atoms with Crippen LogP contribution in [0, 0.1) is 5.92 Å². The zero-order valence-corrected chi connectivity index (χ0v) is 6.09. The van der Waals surface area contributed by atoms with Gasteiger partial charge in [0.15, 0.2) is 0 Å². The van der Waals surface area contributed by atoms with Gasteiger partial charge in [0.25, 0.3) is 0 Å². The van der Waals surface area contributed by atoms with Crippen molar-refractivity contribution in [1.82, 2.24) is 5.73 Å². The van der Waals surface area contributed by atoms with Gasteiger partial charge in [0.2, 0.25) is 5.91 Å². The van der Waals surface area contributed by atoms with Crippen LogP contribution in [0.4, 0.5) is 0 Å². The van der Waals surface area contributed by atoms with Gasteiger partial charge < -0.3 is 4.79 Å². The summed E-state index contributed by atoms with van der Waals surface area (Å²) in [6.45, 7) is 1.91. The predicted molar refractivity (Wildman–Crippen MR) is 37.2 cm³/mol. The molecule has 57 valence electrons. The Morgan fingerprint density at radius 1 is 1.70 bits per heavy atom. The first-order valence-corrected chi connectivity index (χ1v) is 3.38. The lowest BCUT2D eigenvalue weighted by atomic mass is 9.99. The molecule has 0 aromatic heterocycles. The average Bonchev–Trinajstić information content (AvgIpc) is 1.86. The summed E-state index contributed by atoms with van der Waals surface area (Å²) < 4.78 is 0. The molecule has 0 spiro atoms. The van der Waals surface area contributed by atoms with Gasteiger partial charge in [0.1, 0.15) is 6.29 Å². The van der Waals surface area contributed by atoms with E-state index in [0.29, 0.717) is 6.42 Å². The number of hydrogen-bond acceptors (Lipinski definition) is 2. The first-order chi connectivity index (χ1) is 4.70. The molecule has 0 heterocycles. The molecule has 1 amide bonds. The molecule has 0 aliphatic rings. The summed E-state index contributed by atoms with van der Waals surface area (Å²) in [6, 6.07) is 0. The third kappa shape index (κ3) is 4.06. The van der Waals surface area contributed by atoms with E-state index < -0.39 is 5.91 Å². The summed E-state index contributed by atoms with van der Waals surface area (Å²) in [7, 11) is 0. The van der Waals surface area contributed by atoms with E-state index in [1.54, 1.807) is 0 Å².